The molecule has 0 spiro atoms. The maximum absolute atomic E-state index is 13.9. The third-order valence-corrected chi connectivity index (χ3v) is 4.43. The predicted octanol–water partition coefficient (Wildman–Crippen LogP) is 5.35. The van der Waals surface area contributed by atoms with Gasteiger partial charge in [-0.3, -0.25) is 0 Å². The zero-order valence-corrected chi connectivity index (χ0v) is 14.1. The lowest BCUT2D eigenvalue weighted by atomic mass is 9.93. The van der Waals surface area contributed by atoms with Gasteiger partial charge in [0.15, 0.2) is 5.69 Å². The van der Waals surface area contributed by atoms with Gasteiger partial charge in [0, 0.05) is 19.4 Å². The second kappa shape index (κ2) is 7.52. The van der Waals surface area contributed by atoms with Gasteiger partial charge in [0.2, 0.25) is 0 Å². The first-order valence-electron chi connectivity index (χ1n) is 8.31. The maximum Gasteiger partial charge on any atom is 0.410 e. The van der Waals surface area contributed by atoms with Gasteiger partial charge in [-0.2, -0.15) is 0 Å². The summed E-state index contributed by atoms with van der Waals surface area (Å²) in [5.41, 5.74) is 1.84. The summed E-state index contributed by atoms with van der Waals surface area (Å²) in [5, 5.41) is 0. The van der Waals surface area contributed by atoms with E-state index in [9.17, 15) is 13.6 Å². The zero-order chi connectivity index (χ0) is 18.6. The van der Waals surface area contributed by atoms with Crippen LogP contribution < -0.4 is 0 Å². The molecule has 1 saturated heterocycles. The van der Waals surface area contributed by atoms with Crippen LogP contribution >= 0.6 is 0 Å². The summed E-state index contributed by atoms with van der Waals surface area (Å²) < 4.78 is 33.2. The third kappa shape index (κ3) is 4.17. The Balaban J connectivity index is 1.76. The highest BCUT2D eigenvalue weighted by Gasteiger charge is 2.43. The Bertz CT molecular complexity index is 801. The van der Waals surface area contributed by atoms with E-state index in [1.54, 1.807) is 24.3 Å². The highest BCUT2D eigenvalue weighted by molar-refractivity contribution is 5.68. The van der Waals surface area contributed by atoms with Crippen molar-refractivity contribution in [2.75, 3.05) is 6.54 Å². The van der Waals surface area contributed by atoms with E-state index in [0.717, 1.165) is 5.56 Å². The fourth-order valence-electron chi connectivity index (χ4n) is 3.02. The van der Waals surface area contributed by atoms with E-state index in [4.69, 9.17) is 11.3 Å². The molecule has 1 aliphatic heterocycles. The fraction of sp³-hybridized carbons (Fsp3) is 0.300. The summed E-state index contributed by atoms with van der Waals surface area (Å²) in [6.07, 6.45) is -1.45. The highest BCUT2D eigenvalue weighted by atomic mass is 19.3. The molecule has 6 heteroatoms. The summed E-state index contributed by atoms with van der Waals surface area (Å²) in [7, 11) is 0. The number of ether oxygens (including phenoxy) is 1. The molecule has 1 unspecified atom stereocenters. The summed E-state index contributed by atoms with van der Waals surface area (Å²) in [6, 6.07) is 14.8. The molecule has 4 nitrogen and oxygen atoms in total. The number of benzene rings is 2. The van der Waals surface area contributed by atoms with Crippen molar-refractivity contribution in [1.29, 1.82) is 0 Å². The fourth-order valence-corrected chi connectivity index (χ4v) is 3.02. The quantitative estimate of drug-likeness (QED) is 0.695. The van der Waals surface area contributed by atoms with Crippen LogP contribution in [0, 0.1) is 6.57 Å². The second-order valence-electron chi connectivity index (χ2n) is 6.26. The van der Waals surface area contributed by atoms with Crippen LogP contribution in [0.5, 0.6) is 0 Å². The lowest BCUT2D eigenvalue weighted by molar-refractivity contribution is -0.0753. The van der Waals surface area contributed by atoms with Crippen molar-refractivity contribution in [2.45, 2.75) is 31.4 Å². The van der Waals surface area contributed by atoms with Crippen molar-refractivity contribution in [3.63, 3.8) is 0 Å². The van der Waals surface area contributed by atoms with Gasteiger partial charge < -0.3 is 9.64 Å². The Morgan fingerprint density at radius 3 is 2.54 bits per heavy atom. The third-order valence-electron chi connectivity index (χ3n) is 4.43. The smallest absolute Gasteiger partial charge is 0.410 e. The molecule has 1 atom stereocenters. The van der Waals surface area contributed by atoms with Crippen molar-refractivity contribution >= 4 is 11.8 Å². The minimum atomic E-state index is -2.83. The topological polar surface area (TPSA) is 33.9 Å². The number of hydrogen-bond donors (Lipinski definition) is 0. The molecule has 0 radical (unpaired) electrons. The van der Waals surface area contributed by atoms with Gasteiger partial charge in [0.25, 0.3) is 5.92 Å². The Hall–Kier alpha value is -2.94. The molecule has 1 amide bonds. The molecule has 0 aliphatic carbocycles. The summed E-state index contributed by atoms with van der Waals surface area (Å²) in [6.45, 7) is 7.01. The lowest BCUT2D eigenvalue weighted by Crippen LogP contribution is -2.45. The van der Waals surface area contributed by atoms with Crippen molar-refractivity contribution in [3.05, 3.63) is 77.1 Å². The Morgan fingerprint density at radius 1 is 1.19 bits per heavy atom. The van der Waals surface area contributed by atoms with Gasteiger partial charge in [-0.05, 0) is 11.1 Å². The number of piperidine rings is 1. The van der Waals surface area contributed by atoms with E-state index in [1.165, 1.54) is 4.90 Å². The molecule has 1 aliphatic rings. The summed E-state index contributed by atoms with van der Waals surface area (Å²) in [4.78, 5) is 17.2. The SMILES string of the molecule is [C-]#[N+]c1ccc(C2CC(F)(F)CCN2C(=O)OCc2ccccc2)cc1. The summed E-state index contributed by atoms with van der Waals surface area (Å²) >= 11 is 0. The number of likely N-dealkylation sites (tertiary alicyclic amines) is 1. The molecule has 0 aromatic heterocycles. The van der Waals surface area contributed by atoms with Crippen molar-refractivity contribution in [2.24, 2.45) is 0 Å². The number of nitrogens with zero attached hydrogens (tertiary/aromatic N) is 2. The molecule has 2 aromatic carbocycles. The zero-order valence-electron chi connectivity index (χ0n) is 14.1. The van der Waals surface area contributed by atoms with Crippen LogP contribution in [-0.4, -0.2) is 23.5 Å². The molecule has 2 aromatic rings. The number of amides is 1. The first-order valence-corrected chi connectivity index (χ1v) is 8.31. The maximum atomic E-state index is 13.9. The molecular weight excluding hydrogens is 338 g/mol. The van der Waals surface area contributed by atoms with Crippen LogP contribution in [0.3, 0.4) is 0 Å². The van der Waals surface area contributed by atoms with Crippen LogP contribution in [-0.2, 0) is 11.3 Å². The van der Waals surface area contributed by atoms with Gasteiger partial charge in [-0.15, -0.1) is 0 Å². The molecule has 0 N–H and O–H groups in total. The Labute approximate surface area is 150 Å². The molecule has 0 bridgehead atoms. The molecule has 1 heterocycles. The van der Waals surface area contributed by atoms with Gasteiger partial charge in [0.05, 0.1) is 12.6 Å². The van der Waals surface area contributed by atoms with Gasteiger partial charge in [-0.25, -0.2) is 18.4 Å². The van der Waals surface area contributed by atoms with E-state index in [1.807, 2.05) is 30.3 Å². The van der Waals surface area contributed by atoms with Crippen molar-refractivity contribution in [1.82, 2.24) is 4.90 Å². The standard InChI is InChI=1S/C20H18F2N2O2/c1-23-17-9-7-16(8-10-17)18-13-20(21,22)11-12-24(18)19(25)26-14-15-5-3-2-4-6-15/h2-10,18H,11-14H2. The predicted molar refractivity (Wildman–Crippen MR) is 93.0 cm³/mol. The largest absolute Gasteiger partial charge is 0.445 e. The van der Waals surface area contributed by atoms with E-state index >= 15 is 0 Å². The Kier molecular flexibility index (Phi) is 5.17. The van der Waals surface area contributed by atoms with Crippen molar-refractivity contribution in [3.8, 4) is 0 Å². The number of carbonyl (C=O) groups is 1. The normalized spacial score (nSPS) is 18.8. The van der Waals surface area contributed by atoms with Crippen LogP contribution in [0.25, 0.3) is 4.85 Å². The minimum absolute atomic E-state index is 0.0736. The number of hydrogen-bond acceptors (Lipinski definition) is 2. The molecule has 1 fully saturated rings. The number of alkyl halides is 2. The average molecular weight is 356 g/mol. The van der Waals surface area contributed by atoms with Gasteiger partial charge >= 0.3 is 6.09 Å². The van der Waals surface area contributed by atoms with Crippen LogP contribution in [0.2, 0.25) is 0 Å². The first-order chi connectivity index (χ1) is 12.5. The van der Waals surface area contributed by atoms with E-state index in [0.29, 0.717) is 11.3 Å². The van der Waals surface area contributed by atoms with Crippen molar-refractivity contribution < 1.29 is 18.3 Å². The lowest BCUT2D eigenvalue weighted by Gasteiger charge is -2.38. The van der Waals surface area contributed by atoms with Crippen LogP contribution in [0.15, 0.2) is 54.6 Å². The average Bonchev–Trinajstić information content (AvgIpc) is 2.66. The molecule has 0 saturated carbocycles. The van der Waals surface area contributed by atoms with E-state index in [2.05, 4.69) is 4.85 Å². The first kappa shape index (κ1) is 17.9. The minimum Gasteiger partial charge on any atom is -0.445 e. The molecule has 3 rings (SSSR count). The van der Waals surface area contributed by atoms with Crippen LogP contribution in [0.4, 0.5) is 19.3 Å². The monoisotopic (exact) mass is 356 g/mol. The Morgan fingerprint density at radius 2 is 1.88 bits per heavy atom. The number of rotatable bonds is 3. The summed E-state index contributed by atoms with van der Waals surface area (Å²) in [5.74, 6) is -2.83. The van der Waals surface area contributed by atoms with Gasteiger partial charge in [-0.1, -0.05) is 54.6 Å². The highest BCUT2D eigenvalue weighted by Crippen LogP contribution is 2.40. The molecular formula is C20H18F2N2O2. The van der Waals surface area contributed by atoms with Crippen LogP contribution in [0.1, 0.15) is 30.0 Å². The van der Waals surface area contributed by atoms with E-state index in [-0.39, 0.29) is 19.6 Å². The molecule has 26 heavy (non-hydrogen) atoms. The number of halogens is 2. The number of carbonyl (C=O) groups excluding carboxylic acids is 1. The second-order valence-corrected chi connectivity index (χ2v) is 6.26. The van der Waals surface area contributed by atoms with Gasteiger partial charge in [0.1, 0.15) is 6.61 Å². The van der Waals surface area contributed by atoms with E-state index < -0.39 is 24.5 Å². The molecule has 134 valence electrons.